The monoisotopic (exact) mass is 230 g/mol. The first-order chi connectivity index (χ1) is 7.32. The van der Waals surface area contributed by atoms with Crippen molar-refractivity contribution >= 4 is 5.91 Å². The van der Waals surface area contributed by atoms with Crippen LogP contribution in [-0.4, -0.2) is 31.7 Å². The van der Waals surface area contributed by atoms with E-state index < -0.39 is 0 Å². The van der Waals surface area contributed by atoms with Gasteiger partial charge in [-0.15, -0.1) is 0 Å². The topological polar surface area (TPSA) is 64.3 Å². The molecule has 0 aliphatic rings. The lowest BCUT2D eigenvalue weighted by atomic mass is 9.96. The Morgan fingerprint density at radius 3 is 2.38 bits per heavy atom. The van der Waals surface area contributed by atoms with E-state index in [1.165, 1.54) is 0 Å². The molecule has 0 radical (unpaired) electrons. The SMILES string of the molecule is COC(C)(C)CNC(=O)C(CN)CC(C)C. The minimum atomic E-state index is -0.327. The number of nitrogens with one attached hydrogen (secondary N) is 1. The second-order valence-electron chi connectivity index (χ2n) is 5.24. The van der Waals surface area contributed by atoms with Crippen molar-refractivity contribution in [3.05, 3.63) is 0 Å². The molecule has 0 saturated carbocycles. The van der Waals surface area contributed by atoms with E-state index in [0.717, 1.165) is 6.42 Å². The van der Waals surface area contributed by atoms with E-state index in [1.807, 2.05) is 13.8 Å². The number of rotatable bonds is 7. The molecule has 0 fully saturated rings. The molecule has 0 spiro atoms. The molecule has 16 heavy (non-hydrogen) atoms. The third kappa shape index (κ3) is 6.08. The summed E-state index contributed by atoms with van der Waals surface area (Å²) in [5, 5.41) is 2.89. The van der Waals surface area contributed by atoms with Gasteiger partial charge in [0.2, 0.25) is 5.91 Å². The van der Waals surface area contributed by atoms with Crippen LogP contribution < -0.4 is 11.1 Å². The fourth-order valence-electron chi connectivity index (χ4n) is 1.40. The van der Waals surface area contributed by atoms with Crippen LogP contribution in [-0.2, 0) is 9.53 Å². The van der Waals surface area contributed by atoms with Crippen LogP contribution in [0.15, 0.2) is 0 Å². The second-order valence-corrected chi connectivity index (χ2v) is 5.24. The summed E-state index contributed by atoms with van der Waals surface area (Å²) in [4.78, 5) is 11.8. The highest BCUT2D eigenvalue weighted by atomic mass is 16.5. The molecular weight excluding hydrogens is 204 g/mol. The zero-order valence-corrected chi connectivity index (χ0v) is 11.2. The van der Waals surface area contributed by atoms with Gasteiger partial charge in [-0.3, -0.25) is 4.79 Å². The Kier molecular flexibility index (Phi) is 6.60. The highest BCUT2D eigenvalue weighted by Crippen LogP contribution is 2.11. The molecule has 0 rings (SSSR count). The molecule has 1 atom stereocenters. The Hall–Kier alpha value is -0.610. The zero-order valence-electron chi connectivity index (χ0n) is 11.2. The Labute approximate surface area is 98.9 Å². The van der Waals surface area contributed by atoms with Crippen LogP contribution in [0, 0.1) is 11.8 Å². The van der Waals surface area contributed by atoms with E-state index in [1.54, 1.807) is 7.11 Å². The largest absolute Gasteiger partial charge is 0.377 e. The third-order valence-electron chi connectivity index (χ3n) is 2.65. The molecule has 0 aromatic rings. The summed E-state index contributed by atoms with van der Waals surface area (Å²) in [6.07, 6.45) is 0.829. The standard InChI is InChI=1S/C12H26N2O2/c1-9(2)6-10(7-13)11(15)14-8-12(3,4)16-5/h9-10H,6-8,13H2,1-5H3,(H,14,15). The number of amides is 1. The summed E-state index contributed by atoms with van der Waals surface area (Å²) in [5.41, 5.74) is 5.27. The molecular formula is C12H26N2O2. The third-order valence-corrected chi connectivity index (χ3v) is 2.65. The molecule has 3 N–H and O–H groups in total. The highest BCUT2D eigenvalue weighted by molar-refractivity contribution is 5.78. The number of carbonyl (C=O) groups excluding carboxylic acids is 1. The predicted octanol–water partition coefficient (Wildman–Crippen LogP) is 1.15. The van der Waals surface area contributed by atoms with Crippen LogP contribution in [0.3, 0.4) is 0 Å². The smallest absolute Gasteiger partial charge is 0.224 e. The number of hydrogen-bond acceptors (Lipinski definition) is 3. The van der Waals surface area contributed by atoms with Crippen molar-refractivity contribution in [3.8, 4) is 0 Å². The first kappa shape index (κ1) is 15.4. The molecule has 0 heterocycles. The normalized spacial score (nSPS) is 13.9. The summed E-state index contributed by atoms with van der Waals surface area (Å²) in [5.74, 6) is 0.420. The van der Waals surface area contributed by atoms with Gasteiger partial charge in [0.25, 0.3) is 0 Å². The molecule has 0 aromatic heterocycles. The van der Waals surface area contributed by atoms with Gasteiger partial charge < -0.3 is 15.8 Å². The molecule has 0 aliphatic carbocycles. The molecule has 0 aromatic carbocycles. The molecule has 4 heteroatoms. The lowest BCUT2D eigenvalue weighted by molar-refractivity contribution is -0.126. The molecule has 1 unspecified atom stereocenters. The van der Waals surface area contributed by atoms with E-state index in [2.05, 4.69) is 19.2 Å². The fraction of sp³-hybridized carbons (Fsp3) is 0.917. The van der Waals surface area contributed by atoms with Crippen LogP contribution in [0.4, 0.5) is 0 Å². The second kappa shape index (κ2) is 6.86. The van der Waals surface area contributed by atoms with Crippen molar-refractivity contribution in [2.45, 2.75) is 39.7 Å². The molecule has 4 nitrogen and oxygen atoms in total. The van der Waals surface area contributed by atoms with Gasteiger partial charge in [-0.05, 0) is 26.2 Å². The summed E-state index contributed by atoms with van der Waals surface area (Å²) in [7, 11) is 1.64. The van der Waals surface area contributed by atoms with E-state index in [0.29, 0.717) is 19.0 Å². The van der Waals surface area contributed by atoms with Gasteiger partial charge in [0, 0.05) is 20.2 Å². The van der Waals surface area contributed by atoms with Gasteiger partial charge >= 0.3 is 0 Å². The summed E-state index contributed by atoms with van der Waals surface area (Å²) in [6, 6.07) is 0. The minimum Gasteiger partial charge on any atom is -0.377 e. The van der Waals surface area contributed by atoms with Gasteiger partial charge in [0.05, 0.1) is 11.5 Å². The van der Waals surface area contributed by atoms with Crippen molar-refractivity contribution in [2.24, 2.45) is 17.6 Å². The van der Waals surface area contributed by atoms with Crippen LogP contribution >= 0.6 is 0 Å². The molecule has 96 valence electrons. The van der Waals surface area contributed by atoms with Crippen molar-refractivity contribution in [1.82, 2.24) is 5.32 Å². The average Bonchev–Trinajstić information content (AvgIpc) is 2.22. The Morgan fingerprint density at radius 1 is 1.44 bits per heavy atom. The van der Waals surface area contributed by atoms with Gasteiger partial charge in [-0.25, -0.2) is 0 Å². The van der Waals surface area contributed by atoms with Crippen LogP contribution in [0.5, 0.6) is 0 Å². The Morgan fingerprint density at radius 2 is 2.00 bits per heavy atom. The lowest BCUT2D eigenvalue weighted by Crippen LogP contribution is -2.43. The van der Waals surface area contributed by atoms with Crippen LogP contribution in [0.1, 0.15) is 34.1 Å². The Balaban J connectivity index is 4.12. The number of methoxy groups -OCH3 is 1. The maximum absolute atomic E-state index is 11.8. The van der Waals surface area contributed by atoms with Crippen molar-refractivity contribution < 1.29 is 9.53 Å². The van der Waals surface area contributed by atoms with Gasteiger partial charge in [-0.1, -0.05) is 13.8 Å². The zero-order chi connectivity index (χ0) is 12.8. The average molecular weight is 230 g/mol. The predicted molar refractivity (Wildman–Crippen MR) is 66.1 cm³/mol. The van der Waals surface area contributed by atoms with Crippen LogP contribution in [0.2, 0.25) is 0 Å². The van der Waals surface area contributed by atoms with Gasteiger partial charge in [0.15, 0.2) is 0 Å². The van der Waals surface area contributed by atoms with Crippen molar-refractivity contribution in [1.29, 1.82) is 0 Å². The maximum Gasteiger partial charge on any atom is 0.224 e. The summed E-state index contributed by atoms with van der Waals surface area (Å²) >= 11 is 0. The fourth-order valence-corrected chi connectivity index (χ4v) is 1.40. The number of carbonyl (C=O) groups is 1. The first-order valence-electron chi connectivity index (χ1n) is 5.85. The van der Waals surface area contributed by atoms with Gasteiger partial charge in [-0.2, -0.15) is 0 Å². The van der Waals surface area contributed by atoms with Crippen LogP contribution in [0.25, 0.3) is 0 Å². The molecule has 0 bridgehead atoms. The Bertz CT molecular complexity index is 215. The minimum absolute atomic E-state index is 0.0290. The van der Waals surface area contributed by atoms with Gasteiger partial charge in [0.1, 0.15) is 0 Å². The number of hydrogen-bond donors (Lipinski definition) is 2. The van der Waals surface area contributed by atoms with Crippen molar-refractivity contribution in [3.63, 3.8) is 0 Å². The number of nitrogens with two attached hydrogens (primary N) is 1. The summed E-state index contributed by atoms with van der Waals surface area (Å²) < 4.78 is 5.24. The van der Waals surface area contributed by atoms with Crippen molar-refractivity contribution in [2.75, 3.05) is 20.2 Å². The van der Waals surface area contributed by atoms with E-state index >= 15 is 0 Å². The molecule has 0 aliphatic heterocycles. The first-order valence-corrected chi connectivity index (χ1v) is 5.85. The molecule has 0 saturated heterocycles. The molecule has 1 amide bonds. The van der Waals surface area contributed by atoms with E-state index in [-0.39, 0.29) is 17.4 Å². The number of ether oxygens (including phenoxy) is 1. The highest BCUT2D eigenvalue weighted by Gasteiger charge is 2.22. The summed E-state index contributed by atoms with van der Waals surface area (Å²) in [6.45, 7) is 8.97. The quantitative estimate of drug-likeness (QED) is 0.689. The lowest BCUT2D eigenvalue weighted by Gasteiger charge is -2.25. The maximum atomic E-state index is 11.8. The van der Waals surface area contributed by atoms with E-state index in [9.17, 15) is 4.79 Å². The van der Waals surface area contributed by atoms with E-state index in [4.69, 9.17) is 10.5 Å².